The van der Waals surface area contributed by atoms with Crippen LogP contribution in [0.1, 0.15) is 6.42 Å². The minimum atomic E-state index is -1.10. The Hall–Kier alpha value is -3.48. The summed E-state index contributed by atoms with van der Waals surface area (Å²) in [7, 11) is 2.81. The van der Waals surface area contributed by atoms with Crippen LogP contribution in [0.25, 0.3) is 0 Å². The number of amides is 4. The minimum Gasteiger partial charge on any atom is -0.368 e. The smallest absolute Gasteiger partial charge is 0.368 e. The molecule has 2 aliphatic rings. The van der Waals surface area contributed by atoms with E-state index < -0.39 is 17.9 Å². The number of carbonyl (C=O) groups excluding carboxylic acids is 3. The summed E-state index contributed by atoms with van der Waals surface area (Å²) in [6.45, 7) is 2.61. The zero-order valence-corrected chi connectivity index (χ0v) is 17.0. The molecule has 2 fully saturated rings. The lowest BCUT2D eigenvalue weighted by Crippen LogP contribution is -2.81. The van der Waals surface area contributed by atoms with Gasteiger partial charge in [-0.25, -0.2) is 14.1 Å². The van der Waals surface area contributed by atoms with E-state index in [0.29, 0.717) is 26.2 Å². The molecule has 0 saturated carbocycles. The molecule has 0 radical (unpaired) electrons. The van der Waals surface area contributed by atoms with Crippen LogP contribution in [0, 0.1) is 23.1 Å². The van der Waals surface area contributed by atoms with Crippen LogP contribution in [0.2, 0.25) is 0 Å². The van der Waals surface area contributed by atoms with Gasteiger partial charge in [0.05, 0.1) is 26.1 Å². The molecule has 2 heterocycles. The summed E-state index contributed by atoms with van der Waals surface area (Å²) >= 11 is 0. The van der Waals surface area contributed by atoms with Crippen molar-refractivity contribution in [3.8, 4) is 6.07 Å². The Bertz CT molecular complexity index is 902. The highest BCUT2D eigenvalue weighted by atomic mass is 19.1. The van der Waals surface area contributed by atoms with Gasteiger partial charge in [-0.1, -0.05) is 0 Å². The van der Waals surface area contributed by atoms with E-state index in [9.17, 15) is 24.0 Å². The zero-order chi connectivity index (χ0) is 21.8. The van der Waals surface area contributed by atoms with E-state index in [1.165, 1.54) is 31.1 Å². The summed E-state index contributed by atoms with van der Waals surface area (Å²) in [5, 5.41) is 9.30. The molecule has 0 bridgehead atoms. The highest BCUT2D eigenvalue weighted by molar-refractivity contribution is 6.17. The Morgan fingerprint density at radius 2 is 1.77 bits per heavy atom. The fourth-order valence-corrected chi connectivity index (χ4v) is 3.59. The first kappa shape index (κ1) is 21.2. The van der Waals surface area contributed by atoms with Crippen molar-refractivity contribution in [2.75, 3.05) is 51.7 Å². The van der Waals surface area contributed by atoms with Crippen molar-refractivity contribution in [3.63, 3.8) is 0 Å². The SMILES string of the molecule is CN1C(=O)C(C#N)C(=[NH+]CCC(=O)N2CCN(c3ccc(F)cc3)CC2)N(C)C1=O. The number of rotatable bonds is 4. The molecular formula is C20H24FN6O3+. The van der Waals surface area contributed by atoms with E-state index in [0.717, 1.165) is 10.6 Å². The van der Waals surface area contributed by atoms with Crippen LogP contribution in [-0.2, 0) is 9.59 Å². The Kier molecular flexibility index (Phi) is 6.30. The lowest BCUT2D eigenvalue weighted by molar-refractivity contribution is -0.463. The summed E-state index contributed by atoms with van der Waals surface area (Å²) < 4.78 is 13.1. The maximum absolute atomic E-state index is 13.1. The van der Waals surface area contributed by atoms with Crippen molar-refractivity contribution >= 4 is 29.4 Å². The standard InChI is InChI=1S/C20H23FN6O3/c1-24-18(16(13-22)19(29)25(2)20(24)30)23-8-7-17(28)27-11-9-26(10-12-27)15-5-3-14(21)4-6-15/h3-6,16H,7-12H2,1-2H3/p+1. The van der Waals surface area contributed by atoms with Crippen LogP contribution >= 0.6 is 0 Å². The first-order valence-electron chi connectivity index (χ1n) is 9.67. The Morgan fingerprint density at radius 1 is 1.13 bits per heavy atom. The molecule has 1 unspecified atom stereocenters. The van der Waals surface area contributed by atoms with Crippen molar-refractivity contribution < 1.29 is 23.8 Å². The van der Waals surface area contributed by atoms with Gasteiger partial charge in [-0.15, -0.1) is 0 Å². The van der Waals surface area contributed by atoms with E-state index in [-0.39, 0.29) is 30.5 Å². The predicted octanol–water partition coefficient (Wildman–Crippen LogP) is -0.993. The second-order valence-corrected chi connectivity index (χ2v) is 7.21. The zero-order valence-electron chi connectivity index (χ0n) is 17.0. The summed E-state index contributed by atoms with van der Waals surface area (Å²) in [6, 6.07) is 7.65. The lowest BCUT2D eigenvalue weighted by atomic mass is 10.1. The number of hydrogen-bond donors (Lipinski definition) is 1. The van der Waals surface area contributed by atoms with Gasteiger partial charge >= 0.3 is 6.03 Å². The third kappa shape index (κ3) is 4.25. The van der Waals surface area contributed by atoms with Crippen molar-refractivity contribution in [2.45, 2.75) is 6.42 Å². The van der Waals surface area contributed by atoms with Crippen LogP contribution in [0.5, 0.6) is 0 Å². The third-order valence-corrected chi connectivity index (χ3v) is 5.38. The van der Waals surface area contributed by atoms with E-state index in [4.69, 9.17) is 0 Å². The van der Waals surface area contributed by atoms with E-state index >= 15 is 0 Å². The van der Waals surface area contributed by atoms with Crippen LogP contribution in [0.4, 0.5) is 14.9 Å². The van der Waals surface area contributed by atoms with E-state index in [1.54, 1.807) is 17.0 Å². The lowest BCUT2D eigenvalue weighted by Gasteiger charge is -2.36. The number of halogens is 1. The van der Waals surface area contributed by atoms with Gasteiger partial charge in [-0.3, -0.25) is 14.6 Å². The Balaban J connectivity index is 1.54. The second-order valence-electron chi connectivity index (χ2n) is 7.21. The number of urea groups is 1. The maximum atomic E-state index is 13.1. The number of benzene rings is 1. The van der Waals surface area contributed by atoms with Gasteiger partial charge in [0.25, 0.3) is 11.7 Å². The molecule has 0 aliphatic carbocycles. The second kappa shape index (κ2) is 8.90. The fourth-order valence-electron chi connectivity index (χ4n) is 3.59. The topological polar surface area (TPSA) is 102 Å². The highest BCUT2D eigenvalue weighted by Gasteiger charge is 2.46. The fraction of sp³-hybridized carbons (Fsp3) is 0.450. The monoisotopic (exact) mass is 415 g/mol. The summed E-state index contributed by atoms with van der Waals surface area (Å²) in [5.74, 6) is -1.84. The van der Waals surface area contributed by atoms with Gasteiger partial charge in [0.1, 0.15) is 5.82 Å². The van der Waals surface area contributed by atoms with Crippen molar-refractivity contribution in [3.05, 3.63) is 30.1 Å². The molecule has 2 saturated heterocycles. The van der Waals surface area contributed by atoms with Crippen LogP contribution in [-0.4, -0.2) is 85.2 Å². The number of imide groups is 1. The largest absolute Gasteiger partial charge is 0.417 e. The molecule has 3 rings (SSSR count). The number of carbonyl (C=O) groups is 3. The normalized spacial score (nSPS) is 21.3. The molecule has 158 valence electrons. The quantitative estimate of drug-likeness (QED) is 0.680. The first-order valence-corrected chi connectivity index (χ1v) is 9.67. The molecule has 1 atom stereocenters. The molecule has 0 aromatic heterocycles. The summed E-state index contributed by atoms with van der Waals surface area (Å²) in [6.07, 6.45) is 0.171. The summed E-state index contributed by atoms with van der Waals surface area (Å²) in [4.78, 5) is 45.6. The maximum Gasteiger partial charge on any atom is 0.417 e. The molecule has 4 amide bonds. The average molecular weight is 415 g/mol. The molecule has 2 aliphatic heterocycles. The molecule has 1 aromatic carbocycles. The number of hydrogen-bond acceptors (Lipinski definition) is 5. The molecule has 9 nitrogen and oxygen atoms in total. The predicted molar refractivity (Wildman–Crippen MR) is 106 cm³/mol. The Labute approximate surface area is 174 Å². The van der Waals surface area contributed by atoms with Crippen LogP contribution in [0.15, 0.2) is 24.3 Å². The van der Waals surface area contributed by atoms with Crippen molar-refractivity contribution in [1.29, 1.82) is 5.26 Å². The number of amidine groups is 1. The molecule has 10 heteroatoms. The molecule has 0 spiro atoms. The Morgan fingerprint density at radius 3 is 2.37 bits per heavy atom. The number of nitrogens with zero attached hydrogens (tertiary/aromatic N) is 5. The van der Waals surface area contributed by atoms with Crippen LogP contribution in [0.3, 0.4) is 0 Å². The van der Waals surface area contributed by atoms with E-state index in [2.05, 4.69) is 9.89 Å². The molecular weight excluding hydrogens is 391 g/mol. The van der Waals surface area contributed by atoms with Gasteiger partial charge in [0, 0.05) is 38.9 Å². The molecule has 30 heavy (non-hydrogen) atoms. The molecule has 1 aromatic rings. The van der Waals surface area contributed by atoms with Gasteiger partial charge in [-0.05, 0) is 24.3 Å². The summed E-state index contributed by atoms with van der Waals surface area (Å²) in [5.41, 5.74) is 0.920. The molecule has 1 N–H and O–H groups in total. The van der Waals surface area contributed by atoms with Gasteiger partial charge in [0.2, 0.25) is 11.8 Å². The number of nitriles is 1. The highest BCUT2D eigenvalue weighted by Crippen LogP contribution is 2.17. The number of nitrogens with one attached hydrogen (secondary N) is 1. The van der Waals surface area contributed by atoms with Crippen molar-refractivity contribution in [2.24, 2.45) is 5.92 Å². The number of anilines is 1. The van der Waals surface area contributed by atoms with Gasteiger partial charge < -0.3 is 9.80 Å². The van der Waals surface area contributed by atoms with Crippen molar-refractivity contribution in [1.82, 2.24) is 14.7 Å². The van der Waals surface area contributed by atoms with Crippen LogP contribution < -0.4 is 9.89 Å². The van der Waals surface area contributed by atoms with Gasteiger partial charge in [0.15, 0.2) is 0 Å². The van der Waals surface area contributed by atoms with Gasteiger partial charge in [-0.2, -0.15) is 10.2 Å². The minimum absolute atomic E-state index is 0.0522. The van der Waals surface area contributed by atoms with E-state index in [1.807, 2.05) is 6.07 Å². The average Bonchev–Trinajstić information content (AvgIpc) is 2.76. The number of piperazine rings is 1. The first-order chi connectivity index (χ1) is 14.3. The third-order valence-electron chi connectivity index (χ3n) is 5.38.